The van der Waals surface area contributed by atoms with Crippen LogP contribution in [0.3, 0.4) is 0 Å². The fraction of sp³-hybridized carbons (Fsp3) is 0.333. The number of halogens is 2. The van der Waals surface area contributed by atoms with Crippen molar-refractivity contribution in [3.63, 3.8) is 0 Å². The number of hydrogen-bond acceptors (Lipinski definition) is 3. The van der Waals surface area contributed by atoms with E-state index in [9.17, 15) is 4.39 Å². The van der Waals surface area contributed by atoms with Crippen molar-refractivity contribution >= 4 is 15.9 Å². The molecule has 0 spiro atoms. The van der Waals surface area contributed by atoms with Crippen LogP contribution >= 0.6 is 15.9 Å². The van der Waals surface area contributed by atoms with Gasteiger partial charge >= 0.3 is 0 Å². The van der Waals surface area contributed by atoms with E-state index in [1.54, 1.807) is 23.9 Å². The van der Waals surface area contributed by atoms with Crippen LogP contribution in [0.2, 0.25) is 0 Å². The van der Waals surface area contributed by atoms with Crippen LogP contribution < -0.4 is 5.32 Å². The molecular formula is C12H14BrFN4. The van der Waals surface area contributed by atoms with Crippen LogP contribution in [0.1, 0.15) is 17.4 Å². The van der Waals surface area contributed by atoms with Gasteiger partial charge in [0, 0.05) is 29.5 Å². The normalized spacial score (nSPS) is 12.7. The van der Waals surface area contributed by atoms with Gasteiger partial charge in [-0.15, -0.1) is 0 Å². The SMILES string of the molecule is CNC(Cc1ncnn1C)c1cc(Br)ccc1F. The molecule has 1 aromatic carbocycles. The van der Waals surface area contributed by atoms with Gasteiger partial charge < -0.3 is 5.32 Å². The van der Waals surface area contributed by atoms with E-state index in [1.165, 1.54) is 12.4 Å². The Morgan fingerprint density at radius 1 is 1.50 bits per heavy atom. The number of hydrogen-bond donors (Lipinski definition) is 1. The number of nitrogens with one attached hydrogen (secondary N) is 1. The second kappa shape index (κ2) is 5.58. The Hall–Kier alpha value is -1.27. The van der Waals surface area contributed by atoms with Crippen LogP contribution in [0.25, 0.3) is 0 Å². The summed E-state index contributed by atoms with van der Waals surface area (Å²) < 4.78 is 16.4. The number of likely N-dealkylation sites (N-methyl/N-ethyl adjacent to an activating group) is 1. The first-order valence-corrected chi connectivity index (χ1v) is 6.36. The number of aryl methyl sites for hydroxylation is 1. The van der Waals surface area contributed by atoms with Crippen molar-refractivity contribution in [3.8, 4) is 0 Å². The monoisotopic (exact) mass is 312 g/mol. The molecule has 18 heavy (non-hydrogen) atoms. The highest BCUT2D eigenvalue weighted by atomic mass is 79.9. The minimum atomic E-state index is -0.222. The fourth-order valence-corrected chi connectivity index (χ4v) is 2.22. The maximum atomic E-state index is 13.8. The summed E-state index contributed by atoms with van der Waals surface area (Å²) in [6.45, 7) is 0. The summed E-state index contributed by atoms with van der Waals surface area (Å²) in [6.07, 6.45) is 2.08. The molecule has 0 aliphatic carbocycles. The van der Waals surface area contributed by atoms with Gasteiger partial charge in [-0.25, -0.2) is 9.37 Å². The van der Waals surface area contributed by atoms with Gasteiger partial charge in [0.1, 0.15) is 18.0 Å². The smallest absolute Gasteiger partial charge is 0.138 e. The molecule has 1 N–H and O–H groups in total. The zero-order valence-corrected chi connectivity index (χ0v) is 11.8. The molecule has 4 nitrogen and oxygen atoms in total. The molecule has 0 saturated carbocycles. The molecule has 96 valence electrons. The van der Waals surface area contributed by atoms with Crippen LogP contribution in [-0.2, 0) is 13.5 Å². The summed E-state index contributed by atoms with van der Waals surface area (Å²) in [5, 5.41) is 7.12. The van der Waals surface area contributed by atoms with Gasteiger partial charge in [-0.3, -0.25) is 4.68 Å². The summed E-state index contributed by atoms with van der Waals surface area (Å²) in [7, 11) is 3.63. The molecular weight excluding hydrogens is 299 g/mol. The third-order valence-electron chi connectivity index (χ3n) is 2.87. The lowest BCUT2D eigenvalue weighted by Gasteiger charge is -2.17. The topological polar surface area (TPSA) is 42.7 Å². The predicted molar refractivity (Wildman–Crippen MR) is 70.6 cm³/mol. The fourth-order valence-electron chi connectivity index (χ4n) is 1.84. The first-order valence-electron chi connectivity index (χ1n) is 5.57. The van der Waals surface area contributed by atoms with Crippen LogP contribution in [-0.4, -0.2) is 21.8 Å². The molecule has 1 unspecified atom stereocenters. The molecule has 0 amide bonds. The van der Waals surface area contributed by atoms with E-state index < -0.39 is 0 Å². The predicted octanol–water partition coefficient (Wildman–Crippen LogP) is 2.22. The second-order valence-electron chi connectivity index (χ2n) is 4.01. The summed E-state index contributed by atoms with van der Waals surface area (Å²) in [5.74, 6) is 0.591. The van der Waals surface area contributed by atoms with Crippen molar-refractivity contribution in [1.29, 1.82) is 0 Å². The summed E-state index contributed by atoms with van der Waals surface area (Å²) >= 11 is 3.36. The van der Waals surface area contributed by atoms with Crippen molar-refractivity contribution in [2.75, 3.05) is 7.05 Å². The van der Waals surface area contributed by atoms with E-state index in [1.807, 2.05) is 7.05 Å². The Balaban J connectivity index is 2.28. The average Bonchev–Trinajstić information content (AvgIpc) is 2.75. The van der Waals surface area contributed by atoms with Gasteiger partial charge in [0.25, 0.3) is 0 Å². The summed E-state index contributed by atoms with van der Waals surface area (Å²) in [6, 6.07) is 4.80. The van der Waals surface area contributed by atoms with Crippen molar-refractivity contribution in [1.82, 2.24) is 20.1 Å². The Bertz CT molecular complexity index is 541. The molecule has 6 heteroatoms. The minimum Gasteiger partial charge on any atom is -0.313 e. The van der Waals surface area contributed by atoms with Crippen molar-refractivity contribution in [3.05, 3.63) is 46.2 Å². The van der Waals surface area contributed by atoms with Gasteiger partial charge in [0.15, 0.2) is 0 Å². The molecule has 0 radical (unpaired) electrons. The van der Waals surface area contributed by atoms with E-state index in [2.05, 4.69) is 31.3 Å². The number of aromatic nitrogens is 3. The Labute approximate surface area is 113 Å². The molecule has 1 heterocycles. The standard InChI is InChI=1S/C12H14BrFN4/c1-15-11(6-12-16-7-17-18(12)2)9-5-8(13)3-4-10(9)14/h3-5,7,11,15H,6H2,1-2H3. The first-order chi connectivity index (χ1) is 8.61. The van der Waals surface area contributed by atoms with Crippen molar-refractivity contribution in [2.45, 2.75) is 12.5 Å². The van der Waals surface area contributed by atoms with Crippen LogP contribution in [0.15, 0.2) is 29.0 Å². The number of rotatable bonds is 4. The molecule has 0 fully saturated rings. The highest BCUT2D eigenvalue weighted by Crippen LogP contribution is 2.23. The zero-order chi connectivity index (χ0) is 13.1. The Morgan fingerprint density at radius 2 is 2.28 bits per heavy atom. The average molecular weight is 313 g/mol. The van der Waals surface area contributed by atoms with Gasteiger partial charge in [-0.05, 0) is 25.2 Å². The Morgan fingerprint density at radius 3 is 2.89 bits per heavy atom. The van der Waals surface area contributed by atoms with Gasteiger partial charge in [0.2, 0.25) is 0 Å². The highest BCUT2D eigenvalue weighted by molar-refractivity contribution is 9.10. The van der Waals surface area contributed by atoms with E-state index in [0.29, 0.717) is 12.0 Å². The van der Waals surface area contributed by atoms with Gasteiger partial charge in [-0.2, -0.15) is 5.10 Å². The first kappa shape index (κ1) is 13.2. The Kier molecular flexibility index (Phi) is 4.08. The minimum absolute atomic E-state index is 0.134. The molecule has 0 bridgehead atoms. The number of nitrogens with zero attached hydrogens (tertiary/aromatic N) is 3. The molecule has 2 rings (SSSR count). The number of benzene rings is 1. The van der Waals surface area contributed by atoms with Crippen LogP contribution in [0.4, 0.5) is 4.39 Å². The van der Waals surface area contributed by atoms with Crippen molar-refractivity contribution in [2.24, 2.45) is 7.05 Å². The molecule has 0 saturated heterocycles. The lowest BCUT2D eigenvalue weighted by atomic mass is 10.0. The van der Waals surface area contributed by atoms with Gasteiger partial charge in [-0.1, -0.05) is 15.9 Å². The quantitative estimate of drug-likeness (QED) is 0.941. The highest BCUT2D eigenvalue weighted by Gasteiger charge is 2.17. The largest absolute Gasteiger partial charge is 0.313 e. The molecule has 1 atom stereocenters. The van der Waals surface area contributed by atoms with E-state index in [-0.39, 0.29) is 11.9 Å². The lowest BCUT2D eigenvalue weighted by Crippen LogP contribution is -2.21. The molecule has 2 aromatic rings. The molecule has 0 aliphatic heterocycles. The third kappa shape index (κ3) is 2.76. The van der Waals surface area contributed by atoms with Gasteiger partial charge in [0.05, 0.1) is 0 Å². The van der Waals surface area contributed by atoms with E-state index >= 15 is 0 Å². The maximum absolute atomic E-state index is 13.8. The second-order valence-corrected chi connectivity index (χ2v) is 4.93. The van der Waals surface area contributed by atoms with Crippen LogP contribution in [0, 0.1) is 5.82 Å². The van der Waals surface area contributed by atoms with Crippen molar-refractivity contribution < 1.29 is 4.39 Å². The molecule has 0 aliphatic rings. The zero-order valence-electron chi connectivity index (χ0n) is 10.2. The van der Waals surface area contributed by atoms with E-state index in [0.717, 1.165) is 10.3 Å². The molecule has 1 aromatic heterocycles. The lowest BCUT2D eigenvalue weighted by molar-refractivity contribution is 0.514. The maximum Gasteiger partial charge on any atom is 0.138 e. The summed E-state index contributed by atoms with van der Waals surface area (Å²) in [4.78, 5) is 4.16. The third-order valence-corrected chi connectivity index (χ3v) is 3.37. The van der Waals surface area contributed by atoms with E-state index in [4.69, 9.17) is 0 Å². The van der Waals surface area contributed by atoms with Crippen LogP contribution in [0.5, 0.6) is 0 Å². The summed E-state index contributed by atoms with van der Waals surface area (Å²) in [5.41, 5.74) is 0.620.